The summed E-state index contributed by atoms with van der Waals surface area (Å²) in [5.41, 5.74) is 7.93. The van der Waals surface area contributed by atoms with Gasteiger partial charge in [-0.1, -0.05) is 12.1 Å². The monoisotopic (exact) mass is 398 g/mol. The lowest BCUT2D eigenvalue weighted by molar-refractivity contribution is -0.137. The first-order valence-electron chi connectivity index (χ1n) is 10.2. The van der Waals surface area contributed by atoms with Gasteiger partial charge in [-0.2, -0.15) is 0 Å². The maximum absolute atomic E-state index is 13.1. The van der Waals surface area contributed by atoms with Gasteiger partial charge in [0, 0.05) is 44.6 Å². The first-order chi connectivity index (χ1) is 14.1. The first kappa shape index (κ1) is 18.4. The molecule has 5 rings (SSSR count). The second-order valence-corrected chi connectivity index (χ2v) is 8.21. The van der Waals surface area contributed by atoms with Crippen LogP contribution in [0.1, 0.15) is 24.4 Å². The van der Waals surface area contributed by atoms with E-state index >= 15 is 0 Å². The highest BCUT2D eigenvalue weighted by Crippen LogP contribution is 2.39. The Labute approximate surface area is 169 Å². The zero-order valence-corrected chi connectivity index (χ0v) is 16.3. The largest absolute Gasteiger partial charge is 0.454 e. The third-order valence-electron chi connectivity index (χ3n) is 6.49. The predicted molar refractivity (Wildman–Crippen MR) is 105 cm³/mol. The van der Waals surface area contributed by atoms with Crippen molar-refractivity contribution < 1.29 is 19.1 Å². The molecule has 3 fully saturated rings. The van der Waals surface area contributed by atoms with Crippen molar-refractivity contribution in [3.63, 3.8) is 0 Å². The normalized spacial score (nSPS) is 30.6. The number of carbonyl (C=O) groups excluding carboxylic acids is 2. The molecule has 8 nitrogen and oxygen atoms in total. The third-order valence-corrected chi connectivity index (χ3v) is 6.49. The van der Waals surface area contributed by atoms with Crippen molar-refractivity contribution in [3.05, 3.63) is 36.4 Å². The minimum atomic E-state index is -0.245. The van der Waals surface area contributed by atoms with Crippen LogP contribution in [0.3, 0.4) is 0 Å². The molecule has 8 heteroatoms. The molecular weight excluding hydrogens is 372 g/mol. The van der Waals surface area contributed by atoms with Crippen LogP contribution in [0, 0.1) is 11.8 Å². The SMILES string of the molecule is C=CCN1CC(C(=O)N2CCC3NNC(c4ccc5c(c4)OCO5)C3C2)CC1=O. The van der Waals surface area contributed by atoms with Crippen LogP contribution in [0.25, 0.3) is 0 Å². The standard InChI is InChI=1S/C21H26N4O4/c1-2-6-24-10-14(9-19(24)26)21(27)25-7-5-16-15(11-25)20(23-22-16)13-3-4-17-18(8-13)29-12-28-17/h2-4,8,14-16,20,22-23H,1,5-7,9-12H2. The van der Waals surface area contributed by atoms with Gasteiger partial charge in [0.2, 0.25) is 18.6 Å². The van der Waals surface area contributed by atoms with Gasteiger partial charge < -0.3 is 19.3 Å². The van der Waals surface area contributed by atoms with Crippen LogP contribution in [-0.4, -0.2) is 60.6 Å². The molecule has 4 heterocycles. The Morgan fingerprint density at radius 1 is 1.24 bits per heavy atom. The molecule has 3 saturated heterocycles. The summed E-state index contributed by atoms with van der Waals surface area (Å²) < 4.78 is 10.9. The van der Waals surface area contributed by atoms with Crippen molar-refractivity contribution in [3.8, 4) is 11.5 Å². The molecular formula is C21H26N4O4. The van der Waals surface area contributed by atoms with E-state index in [-0.39, 0.29) is 36.5 Å². The molecule has 0 bridgehead atoms. The molecule has 1 aromatic carbocycles. The summed E-state index contributed by atoms with van der Waals surface area (Å²) in [7, 11) is 0. The van der Waals surface area contributed by atoms with E-state index in [9.17, 15) is 9.59 Å². The number of ether oxygens (including phenoxy) is 2. The highest BCUT2D eigenvalue weighted by molar-refractivity contribution is 5.89. The van der Waals surface area contributed by atoms with E-state index in [1.54, 1.807) is 11.0 Å². The number of carbonyl (C=O) groups is 2. The number of benzene rings is 1. The predicted octanol–water partition coefficient (Wildman–Crippen LogP) is 0.816. The molecule has 1 aromatic rings. The van der Waals surface area contributed by atoms with Gasteiger partial charge in [0.25, 0.3) is 0 Å². The van der Waals surface area contributed by atoms with Crippen LogP contribution in [-0.2, 0) is 9.59 Å². The van der Waals surface area contributed by atoms with Crippen molar-refractivity contribution in [2.75, 3.05) is 33.0 Å². The van der Waals surface area contributed by atoms with Gasteiger partial charge in [-0.15, -0.1) is 6.58 Å². The average molecular weight is 398 g/mol. The number of piperidine rings is 1. The Morgan fingerprint density at radius 3 is 2.97 bits per heavy atom. The molecule has 0 aliphatic carbocycles. The van der Waals surface area contributed by atoms with Gasteiger partial charge >= 0.3 is 0 Å². The molecule has 4 unspecified atom stereocenters. The smallest absolute Gasteiger partial charge is 0.231 e. The molecule has 0 saturated carbocycles. The number of hydrogen-bond donors (Lipinski definition) is 2. The van der Waals surface area contributed by atoms with Gasteiger partial charge in [-0.25, -0.2) is 5.43 Å². The summed E-state index contributed by atoms with van der Waals surface area (Å²) in [5.74, 6) is 1.69. The fraction of sp³-hybridized carbons (Fsp3) is 0.524. The second-order valence-electron chi connectivity index (χ2n) is 8.21. The summed E-state index contributed by atoms with van der Waals surface area (Å²) in [5, 5.41) is 0. The van der Waals surface area contributed by atoms with E-state index in [1.165, 1.54) is 0 Å². The van der Waals surface area contributed by atoms with E-state index in [0.29, 0.717) is 38.6 Å². The molecule has 4 aliphatic heterocycles. The van der Waals surface area contributed by atoms with Crippen molar-refractivity contribution in [2.24, 2.45) is 11.8 Å². The summed E-state index contributed by atoms with van der Waals surface area (Å²) in [4.78, 5) is 28.9. The fourth-order valence-electron chi connectivity index (χ4n) is 4.97. The minimum Gasteiger partial charge on any atom is -0.454 e. The number of fused-ring (bicyclic) bond motifs is 2. The molecule has 29 heavy (non-hydrogen) atoms. The summed E-state index contributed by atoms with van der Waals surface area (Å²) in [6.45, 7) is 6.35. The third kappa shape index (κ3) is 3.26. The summed E-state index contributed by atoms with van der Waals surface area (Å²) in [6, 6.07) is 6.42. The molecule has 2 amide bonds. The van der Waals surface area contributed by atoms with Gasteiger partial charge in [0.1, 0.15) is 0 Å². The topological polar surface area (TPSA) is 83.1 Å². The van der Waals surface area contributed by atoms with Crippen LogP contribution < -0.4 is 20.3 Å². The molecule has 0 aromatic heterocycles. The quantitative estimate of drug-likeness (QED) is 0.731. The Hall–Kier alpha value is -2.58. The highest BCUT2D eigenvalue weighted by atomic mass is 16.7. The number of likely N-dealkylation sites (tertiary alicyclic amines) is 2. The van der Waals surface area contributed by atoms with Crippen molar-refractivity contribution in [1.29, 1.82) is 0 Å². The Balaban J connectivity index is 1.29. The number of nitrogens with one attached hydrogen (secondary N) is 2. The molecule has 0 radical (unpaired) electrons. The number of amides is 2. The lowest BCUT2D eigenvalue weighted by Gasteiger charge is -2.37. The van der Waals surface area contributed by atoms with Crippen molar-refractivity contribution in [2.45, 2.75) is 24.9 Å². The van der Waals surface area contributed by atoms with E-state index in [0.717, 1.165) is 23.5 Å². The minimum absolute atomic E-state index is 0.0422. The zero-order valence-electron chi connectivity index (χ0n) is 16.3. The van der Waals surface area contributed by atoms with E-state index < -0.39 is 0 Å². The first-order valence-corrected chi connectivity index (χ1v) is 10.2. The van der Waals surface area contributed by atoms with Crippen LogP contribution in [0.4, 0.5) is 0 Å². The number of hydrogen-bond acceptors (Lipinski definition) is 6. The molecule has 154 valence electrons. The lowest BCUT2D eigenvalue weighted by atomic mass is 9.84. The Morgan fingerprint density at radius 2 is 2.10 bits per heavy atom. The fourth-order valence-corrected chi connectivity index (χ4v) is 4.97. The summed E-state index contributed by atoms with van der Waals surface area (Å²) in [6.07, 6.45) is 2.91. The summed E-state index contributed by atoms with van der Waals surface area (Å²) >= 11 is 0. The zero-order chi connectivity index (χ0) is 20.0. The molecule has 4 atom stereocenters. The lowest BCUT2D eigenvalue weighted by Crippen LogP contribution is -2.49. The van der Waals surface area contributed by atoms with Gasteiger partial charge in [-0.05, 0) is 24.1 Å². The molecule has 2 N–H and O–H groups in total. The van der Waals surface area contributed by atoms with Crippen molar-refractivity contribution >= 4 is 11.8 Å². The van der Waals surface area contributed by atoms with Crippen LogP contribution in [0.15, 0.2) is 30.9 Å². The van der Waals surface area contributed by atoms with Crippen molar-refractivity contribution in [1.82, 2.24) is 20.7 Å². The average Bonchev–Trinajstić information content (AvgIpc) is 3.45. The Kier molecular flexibility index (Phi) is 4.67. The van der Waals surface area contributed by atoms with Crippen LogP contribution in [0.2, 0.25) is 0 Å². The van der Waals surface area contributed by atoms with Crippen LogP contribution >= 0.6 is 0 Å². The number of rotatable bonds is 4. The maximum Gasteiger partial charge on any atom is 0.231 e. The second kappa shape index (κ2) is 7.35. The van der Waals surface area contributed by atoms with E-state index in [2.05, 4.69) is 23.5 Å². The van der Waals surface area contributed by atoms with Gasteiger partial charge in [0.05, 0.1) is 12.0 Å². The number of hydrazine groups is 1. The molecule has 4 aliphatic rings. The molecule has 0 spiro atoms. The highest BCUT2D eigenvalue weighted by Gasteiger charge is 2.44. The maximum atomic E-state index is 13.1. The van der Waals surface area contributed by atoms with Gasteiger partial charge in [-0.3, -0.25) is 15.0 Å². The van der Waals surface area contributed by atoms with E-state index in [1.807, 2.05) is 17.0 Å². The van der Waals surface area contributed by atoms with Gasteiger partial charge in [0.15, 0.2) is 11.5 Å². The Bertz CT molecular complexity index is 844. The van der Waals surface area contributed by atoms with E-state index in [4.69, 9.17) is 9.47 Å². The number of nitrogens with zero attached hydrogens (tertiary/aromatic N) is 2. The van der Waals surface area contributed by atoms with Crippen LogP contribution in [0.5, 0.6) is 11.5 Å².